The first-order valence-corrected chi connectivity index (χ1v) is 5.19. The number of hydrogen-bond donors (Lipinski definition) is 1. The van der Waals surface area contributed by atoms with Gasteiger partial charge in [-0.3, -0.25) is 0 Å². The van der Waals surface area contributed by atoms with Gasteiger partial charge in [0.05, 0.1) is 6.21 Å². The van der Waals surface area contributed by atoms with Crippen molar-refractivity contribution in [1.82, 2.24) is 0 Å². The number of nitrogens with zero attached hydrogens (tertiary/aromatic N) is 1. The van der Waals surface area contributed by atoms with Crippen LogP contribution in [0.15, 0.2) is 28.5 Å². The van der Waals surface area contributed by atoms with Crippen molar-refractivity contribution in [3.8, 4) is 0 Å². The van der Waals surface area contributed by atoms with Crippen LogP contribution in [0.25, 0.3) is 0 Å². The van der Waals surface area contributed by atoms with Gasteiger partial charge in [-0.25, -0.2) is 0 Å². The lowest BCUT2D eigenvalue weighted by Crippen LogP contribution is -1.80. The second kappa shape index (κ2) is 8.54. The van der Waals surface area contributed by atoms with Gasteiger partial charge in [-0.2, -0.15) is 0 Å². The lowest BCUT2D eigenvalue weighted by molar-refractivity contribution is 0.322. The van der Waals surface area contributed by atoms with E-state index in [4.69, 9.17) is 5.21 Å². The monoisotopic (exact) mass is 195 g/mol. The Morgan fingerprint density at radius 1 is 1.21 bits per heavy atom. The highest BCUT2D eigenvalue weighted by atomic mass is 16.4. The Hall–Kier alpha value is -1.05. The summed E-state index contributed by atoms with van der Waals surface area (Å²) in [7, 11) is 0. The molecule has 0 bridgehead atoms. The van der Waals surface area contributed by atoms with Crippen molar-refractivity contribution in [2.45, 2.75) is 46.5 Å². The van der Waals surface area contributed by atoms with E-state index in [1.165, 1.54) is 30.2 Å². The lowest BCUT2D eigenvalue weighted by Gasteiger charge is -1.99. The summed E-state index contributed by atoms with van der Waals surface area (Å²) in [6, 6.07) is 0. The zero-order valence-electron chi connectivity index (χ0n) is 9.45. The fraction of sp³-hybridized carbons (Fsp3) is 0.583. The largest absolute Gasteiger partial charge is 0.411 e. The molecular formula is C12H21NO. The average molecular weight is 195 g/mol. The van der Waals surface area contributed by atoms with E-state index in [2.05, 4.69) is 25.1 Å². The normalized spacial score (nSPS) is 13.9. The Morgan fingerprint density at radius 2 is 1.93 bits per heavy atom. The molecule has 2 heteroatoms. The third-order valence-corrected chi connectivity index (χ3v) is 2.10. The summed E-state index contributed by atoms with van der Waals surface area (Å²) in [6.07, 6.45) is 10.1. The second-order valence-electron chi connectivity index (χ2n) is 3.62. The molecule has 0 saturated carbocycles. The molecule has 0 fully saturated rings. The average Bonchev–Trinajstić information content (AvgIpc) is 2.15. The van der Waals surface area contributed by atoms with Crippen LogP contribution in [0.3, 0.4) is 0 Å². The van der Waals surface area contributed by atoms with Gasteiger partial charge < -0.3 is 5.21 Å². The van der Waals surface area contributed by atoms with Crippen molar-refractivity contribution in [2.24, 2.45) is 5.16 Å². The lowest BCUT2D eigenvalue weighted by atomic mass is 10.1. The minimum atomic E-state index is 1.03. The summed E-state index contributed by atoms with van der Waals surface area (Å²) in [6.45, 7) is 6.42. The van der Waals surface area contributed by atoms with Crippen LogP contribution in [0, 0.1) is 0 Å². The van der Waals surface area contributed by atoms with Crippen molar-refractivity contribution in [1.29, 1.82) is 0 Å². The van der Waals surface area contributed by atoms with Gasteiger partial charge in [0, 0.05) is 0 Å². The molecule has 0 aromatic carbocycles. The number of hydrogen-bond acceptors (Lipinski definition) is 2. The standard InChI is InChI=1S/C12H21NO/c1-4-6-11(2)7-5-8-12(3)9-10-13-14/h7,9-10,14H,4-6,8H2,1-3H3/b11-7?,12-9+,13-10?. The number of allylic oxidation sites excluding steroid dienone is 4. The first-order valence-electron chi connectivity index (χ1n) is 5.19. The quantitative estimate of drug-likeness (QED) is 0.296. The highest BCUT2D eigenvalue weighted by molar-refractivity contribution is 5.71. The molecule has 2 nitrogen and oxygen atoms in total. The SMILES string of the molecule is CCCC(C)=CCC/C(C)=C/C=NO. The van der Waals surface area contributed by atoms with Crippen LogP contribution in [0.1, 0.15) is 46.5 Å². The third-order valence-electron chi connectivity index (χ3n) is 2.10. The van der Waals surface area contributed by atoms with Crippen LogP contribution in [-0.4, -0.2) is 11.4 Å². The van der Waals surface area contributed by atoms with E-state index in [1.54, 1.807) is 0 Å². The summed E-state index contributed by atoms with van der Waals surface area (Å²) in [5, 5.41) is 11.1. The van der Waals surface area contributed by atoms with Crippen LogP contribution in [-0.2, 0) is 0 Å². The summed E-state index contributed by atoms with van der Waals surface area (Å²) in [5.41, 5.74) is 2.71. The van der Waals surface area contributed by atoms with E-state index >= 15 is 0 Å². The Labute approximate surface area is 87.0 Å². The second-order valence-corrected chi connectivity index (χ2v) is 3.62. The topological polar surface area (TPSA) is 32.6 Å². The molecule has 80 valence electrons. The maximum absolute atomic E-state index is 8.21. The Balaban J connectivity index is 3.77. The third kappa shape index (κ3) is 7.59. The predicted molar refractivity (Wildman–Crippen MR) is 61.9 cm³/mol. The van der Waals surface area contributed by atoms with E-state index in [0.717, 1.165) is 12.8 Å². The van der Waals surface area contributed by atoms with Crippen molar-refractivity contribution in [2.75, 3.05) is 0 Å². The summed E-state index contributed by atoms with van der Waals surface area (Å²) in [4.78, 5) is 0. The molecule has 1 N–H and O–H groups in total. The number of rotatable bonds is 6. The van der Waals surface area contributed by atoms with E-state index in [1.807, 2.05) is 13.0 Å². The molecule has 0 spiro atoms. The summed E-state index contributed by atoms with van der Waals surface area (Å²) in [5.74, 6) is 0. The fourth-order valence-electron chi connectivity index (χ4n) is 1.29. The Morgan fingerprint density at radius 3 is 2.50 bits per heavy atom. The molecule has 0 unspecified atom stereocenters. The van der Waals surface area contributed by atoms with Gasteiger partial charge in [0.1, 0.15) is 0 Å². The Kier molecular flexibility index (Phi) is 7.90. The minimum absolute atomic E-state index is 1.03. The molecule has 0 aliphatic heterocycles. The van der Waals surface area contributed by atoms with Crippen molar-refractivity contribution < 1.29 is 5.21 Å². The van der Waals surface area contributed by atoms with Gasteiger partial charge in [-0.15, -0.1) is 0 Å². The fourth-order valence-corrected chi connectivity index (χ4v) is 1.29. The molecule has 0 amide bonds. The van der Waals surface area contributed by atoms with Gasteiger partial charge in [0.25, 0.3) is 0 Å². The van der Waals surface area contributed by atoms with Crippen LogP contribution in [0.4, 0.5) is 0 Å². The first-order chi connectivity index (χ1) is 6.70. The van der Waals surface area contributed by atoms with Gasteiger partial charge in [0.15, 0.2) is 0 Å². The predicted octanol–water partition coefficient (Wildman–Crippen LogP) is 3.92. The van der Waals surface area contributed by atoms with E-state index in [9.17, 15) is 0 Å². The molecule has 0 saturated heterocycles. The maximum atomic E-state index is 8.21. The van der Waals surface area contributed by atoms with Gasteiger partial charge in [0.2, 0.25) is 0 Å². The smallest absolute Gasteiger partial charge is 0.0660 e. The summed E-state index contributed by atoms with van der Waals surface area (Å²) >= 11 is 0. The van der Waals surface area contributed by atoms with Crippen molar-refractivity contribution in [3.05, 3.63) is 23.3 Å². The highest BCUT2D eigenvalue weighted by Crippen LogP contribution is 2.09. The molecular weight excluding hydrogens is 174 g/mol. The van der Waals surface area contributed by atoms with Crippen LogP contribution in [0.5, 0.6) is 0 Å². The maximum Gasteiger partial charge on any atom is 0.0660 e. The van der Waals surface area contributed by atoms with Crippen molar-refractivity contribution >= 4 is 6.21 Å². The first kappa shape index (κ1) is 12.9. The van der Waals surface area contributed by atoms with E-state index in [-0.39, 0.29) is 0 Å². The molecule has 0 heterocycles. The van der Waals surface area contributed by atoms with Gasteiger partial charge in [-0.05, 0) is 39.2 Å². The highest BCUT2D eigenvalue weighted by Gasteiger charge is 1.89. The van der Waals surface area contributed by atoms with Crippen LogP contribution < -0.4 is 0 Å². The zero-order valence-corrected chi connectivity index (χ0v) is 9.45. The minimum Gasteiger partial charge on any atom is -0.411 e. The zero-order chi connectivity index (χ0) is 10.8. The molecule has 0 aromatic heterocycles. The molecule has 0 rings (SSSR count). The molecule has 14 heavy (non-hydrogen) atoms. The molecule has 0 atom stereocenters. The van der Waals surface area contributed by atoms with E-state index < -0.39 is 0 Å². The Bertz CT molecular complexity index is 226. The van der Waals surface area contributed by atoms with E-state index in [0.29, 0.717) is 0 Å². The number of oxime groups is 1. The molecule has 0 aliphatic rings. The van der Waals surface area contributed by atoms with Gasteiger partial charge in [-0.1, -0.05) is 35.7 Å². The summed E-state index contributed by atoms with van der Waals surface area (Å²) < 4.78 is 0. The van der Waals surface area contributed by atoms with Crippen molar-refractivity contribution in [3.63, 3.8) is 0 Å². The van der Waals surface area contributed by atoms with Gasteiger partial charge >= 0.3 is 0 Å². The molecule has 0 aliphatic carbocycles. The molecule has 0 aromatic rings. The van der Waals surface area contributed by atoms with Crippen LogP contribution >= 0.6 is 0 Å². The van der Waals surface area contributed by atoms with Crippen LogP contribution in [0.2, 0.25) is 0 Å². The molecule has 0 radical (unpaired) electrons.